The molecule has 0 unspecified atom stereocenters. The fourth-order valence-corrected chi connectivity index (χ4v) is 4.42. The summed E-state index contributed by atoms with van der Waals surface area (Å²) < 4.78 is 3.29. The van der Waals surface area contributed by atoms with Crippen LogP contribution >= 0.6 is 0 Å². The molecule has 3 aromatic heterocycles. The van der Waals surface area contributed by atoms with Crippen LogP contribution in [0.2, 0.25) is 0 Å². The summed E-state index contributed by atoms with van der Waals surface area (Å²) in [5.41, 5.74) is 1.02. The van der Waals surface area contributed by atoms with Gasteiger partial charge in [-0.3, -0.25) is 9.59 Å². The SMILES string of the molecule is CNc1cc(Nc2cccn([C@@H]3CCC[C@H](C#N)C3)c2=O)nc2c(C(=O)NC3CC3)cnn12. The van der Waals surface area contributed by atoms with E-state index in [4.69, 9.17) is 0 Å². The van der Waals surface area contributed by atoms with Gasteiger partial charge in [-0.15, -0.1) is 0 Å². The molecular formula is C23H26N8O2. The van der Waals surface area contributed by atoms with Gasteiger partial charge in [-0.1, -0.05) is 6.42 Å². The first-order valence-corrected chi connectivity index (χ1v) is 11.3. The molecule has 1 amide bonds. The second kappa shape index (κ2) is 8.58. The van der Waals surface area contributed by atoms with Crippen LogP contribution in [0.1, 0.15) is 54.9 Å². The number of carbonyl (C=O) groups excluding carboxylic acids is 1. The van der Waals surface area contributed by atoms with Gasteiger partial charge >= 0.3 is 0 Å². The van der Waals surface area contributed by atoms with Crippen LogP contribution in [0, 0.1) is 17.2 Å². The summed E-state index contributed by atoms with van der Waals surface area (Å²) in [5.74, 6) is 0.844. The largest absolute Gasteiger partial charge is 0.373 e. The predicted octanol–water partition coefficient (Wildman–Crippen LogP) is 2.82. The Hall–Kier alpha value is -3.87. The molecule has 2 aliphatic carbocycles. The maximum atomic E-state index is 13.2. The minimum Gasteiger partial charge on any atom is -0.373 e. The van der Waals surface area contributed by atoms with Crippen molar-refractivity contribution >= 4 is 28.9 Å². The number of hydrogen-bond donors (Lipinski definition) is 3. The Morgan fingerprint density at radius 3 is 2.88 bits per heavy atom. The Labute approximate surface area is 190 Å². The summed E-state index contributed by atoms with van der Waals surface area (Å²) in [5, 5.41) is 22.8. The zero-order valence-corrected chi connectivity index (χ0v) is 18.4. The number of hydrogen-bond acceptors (Lipinski definition) is 7. The van der Waals surface area contributed by atoms with Crippen molar-refractivity contribution in [2.75, 3.05) is 17.7 Å². The van der Waals surface area contributed by atoms with E-state index in [1.807, 2.05) is 6.07 Å². The minimum atomic E-state index is -0.203. The third kappa shape index (κ3) is 4.14. The van der Waals surface area contributed by atoms with Crippen LogP contribution in [0.5, 0.6) is 0 Å². The first-order valence-electron chi connectivity index (χ1n) is 11.3. The highest BCUT2D eigenvalue weighted by Gasteiger charge is 2.27. The number of nitrogens with zero attached hydrogens (tertiary/aromatic N) is 5. The molecule has 0 radical (unpaired) electrons. The van der Waals surface area contributed by atoms with E-state index in [0.717, 1.165) is 32.1 Å². The highest BCUT2D eigenvalue weighted by Crippen LogP contribution is 2.31. The van der Waals surface area contributed by atoms with Gasteiger partial charge in [0.2, 0.25) is 0 Å². The smallest absolute Gasteiger partial charge is 0.274 e. The Balaban J connectivity index is 1.47. The van der Waals surface area contributed by atoms with Crippen molar-refractivity contribution in [1.82, 2.24) is 24.5 Å². The molecule has 2 atom stereocenters. The Kier molecular flexibility index (Phi) is 5.46. The van der Waals surface area contributed by atoms with Crippen molar-refractivity contribution < 1.29 is 4.79 Å². The molecule has 33 heavy (non-hydrogen) atoms. The van der Waals surface area contributed by atoms with Gasteiger partial charge < -0.3 is 20.5 Å². The first-order chi connectivity index (χ1) is 16.1. The van der Waals surface area contributed by atoms with Crippen LogP contribution in [0.25, 0.3) is 5.65 Å². The van der Waals surface area contributed by atoms with Crippen LogP contribution in [0.15, 0.2) is 35.4 Å². The second-order valence-electron chi connectivity index (χ2n) is 8.72. The number of pyridine rings is 1. The average Bonchev–Trinajstić information content (AvgIpc) is 3.54. The van der Waals surface area contributed by atoms with Crippen LogP contribution in [0.3, 0.4) is 0 Å². The summed E-state index contributed by atoms with van der Waals surface area (Å²) in [7, 11) is 1.76. The molecule has 3 heterocycles. The van der Waals surface area contributed by atoms with Crippen LogP contribution in [-0.2, 0) is 0 Å². The van der Waals surface area contributed by atoms with Crippen molar-refractivity contribution in [3.63, 3.8) is 0 Å². The summed E-state index contributed by atoms with van der Waals surface area (Å²) >= 11 is 0. The third-order valence-corrected chi connectivity index (χ3v) is 6.34. The number of rotatable bonds is 6. The molecule has 3 N–H and O–H groups in total. The van der Waals surface area contributed by atoms with Crippen molar-refractivity contribution in [2.24, 2.45) is 5.92 Å². The number of amides is 1. The summed E-state index contributed by atoms with van der Waals surface area (Å²) in [6, 6.07) is 7.86. The number of anilines is 3. The van der Waals surface area contributed by atoms with Crippen molar-refractivity contribution in [3.8, 4) is 6.07 Å². The van der Waals surface area contributed by atoms with Gasteiger partial charge in [0.25, 0.3) is 11.5 Å². The predicted molar refractivity (Wildman–Crippen MR) is 124 cm³/mol. The fraction of sp³-hybridized carbons (Fsp3) is 0.435. The lowest BCUT2D eigenvalue weighted by Crippen LogP contribution is -2.29. The molecule has 0 aliphatic heterocycles. The maximum absolute atomic E-state index is 13.2. The monoisotopic (exact) mass is 446 g/mol. The van der Waals surface area contributed by atoms with Gasteiger partial charge in [0.05, 0.1) is 12.3 Å². The number of nitriles is 1. The van der Waals surface area contributed by atoms with E-state index in [1.54, 1.807) is 34.5 Å². The minimum absolute atomic E-state index is 0.00788. The van der Waals surface area contributed by atoms with Crippen LogP contribution < -0.4 is 21.5 Å². The lowest BCUT2D eigenvalue weighted by molar-refractivity contribution is 0.0952. The fourth-order valence-electron chi connectivity index (χ4n) is 4.42. The van der Waals surface area contributed by atoms with Crippen molar-refractivity contribution in [1.29, 1.82) is 5.26 Å². The molecular weight excluding hydrogens is 420 g/mol. The van der Waals surface area contributed by atoms with Gasteiger partial charge in [0.1, 0.15) is 22.9 Å². The third-order valence-electron chi connectivity index (χ3n) is 6.34. The number of aromatic nitrogens is 4. The van der Waals surface area contributed by atoms with Gasteiger partial charge in [0, 0.05) is 37.3 Å². The van der Waals surface area contributed by atoms with Gasteiger partial charge in [-0.05, 0) is 44.2 Å². The lowest BCUT2D eigenvalue weighted by Gasteiger charge is -2.27. The Morgan fingerprint density at radius 2 is 2.12 bits per heavy atom. The molecule has 2 saturated carbocycles. The summed E-state index contributed by atoms with van der Waals surface area (Å²) in [6.45, 7) is 0. The molecule has 2 aliphatic rings. The number of nitrogens with one attached hydrogen (secondary N) is 3. The van der Waals surface area contributed by atoms with E-state index in [2.05, 4.69) is 32.1 Å². The second-order valence-corrected chi connectivity index (χ2v) is 8.72. The number of carbonyl (C=O) groups is 1. The first kappa shape index (κ1) is 21.0. The number of fused-ring (bicyclic) bond motifs is 1. The zero-order valence-electron chi connectivity index (χ0n) is 18.4. The highest BCUT2D eigenvalue weighted by atomic mass is 16.2. The van der Waals surface area contributed by atoms with Gasteiger partial charge in [0.15, 0.2) is 5.65 Å². The zero-order chi connectivity index (χ0) is 22.9. The summed E-state index contributed by atoms with van der Waals surface area (Å²) in [6.07, 6.45) is 8.66. The van der Waals surface area contributed by atoms with E-state index >= 15 is 0 Å². The maximum Gasteiger partial charge on any atom is 0.274 e. The standard InChI is InChI=1S/C23H26N8O2/c1-25-20-11-19(29-21-17(13-26-31(20)21)22(32)27-15-7-8-15)28-18-6-3-9-30(23(18)33)16-5-2-4-14(10-16)12-24/h3,6,9,11,13-16,25H,2,4-5,7-8,10H2,1H3,(H,27,32)(H,28,29)/t14-,16+/m0/s1. The van der Waals surface area contributed by atoms with Crippen molar-refractivity contribution in [3.05, 3.63) is 46.5 Å². The average molecular weight is 447 g/mol. The van der Waals surface area contributed by atoms with Crippen LogP contribution in [-0.4, -0.2) is 38.2 Å². The molecule has 10 nitrogen and oxygen atoms in total. The molecule has 0 spiro atoms. The van der Waals surface area contributed by atoms with E-state index in [-0.39, 0.29) is 29.5 Å². The quantitative estimate of drug-likeness (QED) is 0.531. The van der Waals surface area contributed by atoms with E-state index < -0.39 is 0 Å². The van der Waals surface area contributed by atoms with Crippen LogP contribution in [0.4, 0.5) is 17.3 Å². The Morgan fingerprint density at radius 1 is 1.27 bits per heavy atom. The normalized spacial score (nSPS) is 20.2. The molecule has 0 aromatic carbocycles. The van der Waals surface area contributed by atoms with Crippen molar-refractivity contribution in [2.45, 2.75) is 50.6 Å². The molecule has 2 fully saturated rings. The lowest BCUT2D eigenvalue weighted by atomic mass is 9.86. The summed E-state index contributed by atoms with van der Waals surface area (Å²) in [4.78, 5) is 30.5. The molecule has 5 rings (SSSR count). The topological polar surface area (TPSA) is 129 Å². The molecule has 0 saturated heterocycles. The van der Waals surface area contributed by atoms with Gasteiger partial charge in [-0.2, -0.15) is 14.9 Å². The highest BCUT2D eigenvalue weighted by molar-refractivity contribution is 6.00. The van der Waals surface area contributed by atoms with E-state index in [9.17, 15) is 14.9 Å². The molecule has 0 bridgehead atoms. The molecule has 10 heteroatoms. The molecule has 170 valence electrons. The van der Waals surface area contributed by atoms with Gasteiger partial charge in [-0.25, -0.2) is 4.98 Å². The van der Waals surface area contributed by atoms with E-state index in [0.29, 0.717) is 35.0 Å². The Bertz CT molecular complexity index is 1300. The molecule has 3 aromatic rings. The van der Waals surface area contributed by atoms with E-state index in [1.165, 1.54) is 6.20 Å².